The van der Waals surface area contributed by atoms with Gasteiger partial charge in [0.05, 0.1) is 0 Å². The second-order valence-electron chi connectivity index (χ2n) is 5.02. The molecule has 0 aromatic heterocycles. The minimum atomic E-state index is -6.47. The van der Waals surface area contributed by atoms with Crippen LogP contribution in [-0.4, -0.2) is 33.4 Å². The molecule has 1 aromatic carbocycles. The minimum absolute atomic E-state index is 0.108. The number of hydrogen-bond donors (Lipinski definition) is 2. The van der Waals surface area contributed by atoms with Crippen molar-refractivity contribution in [2.24, 2.45) is 0 Å². The first-order valence-corrected chi connectivity index (χ1v) is 6.72. The fraction of sp³-hybridized carbons (Fsp3) is 0.538. The van der Waals surface area contributed by atoms with Crippen molar-refractivity contribution in [3.8, 4) is 11.5 Å². The molecule has 0 saturated heterocycles. The van der Waals surface area contributed by atoms with E-state index in [1.807, 2.05) is 0 Å². The fourth-order valence-electron chi connectivity index (χ4n) is 1.84. The molecule has 138 valence electrons. The third kappa shape index (κ3) is 3.79. The van der Waals surface area contributed by atoms with Crippen LogP contribution in [0.3, 0.4) is 0 Å². The van der Waals surface area contributed by atoms with E-state index in [1.165, 1.54) is 0 Å². The first-order chi connectivity index (χ1) is 10.6. The lowest BCUT2D eigenvalue weighted by Crippen LogP contribution is -2.60. The van der Waals surface area contributed by atoms with Gasteiger partial charge in [0.15, 0.2) is 0 Å². The summed E-state index contributed by atoms with van der Waals surface area (Å²) in [6, 6.07) is 3.01. The molecule has 0 aliphatic rings. The van der Waals surface area contributed by atoms with Crippen molar-refractivity contribution in [3.05, 3.63) is 23.8 Å². The summed E-state index contributed by atoms with van der Waals surface area (Å²) in [6.45, 7) is 0. The van der Waals surface area contributed by atoms with Gasteiger partial charge in [0, 0.05) is 6.42 Å². The molecule has 0 spiro atoms. The molecule has 24 heavy (non-hydrogen) atoms. The average molecular weight is 387 g/mol. The van der Waals surface area contributed by atoms with Gasteiger partial charge in [0.2, 0.25) is 0 Å². The van der Waals surface area contributed by atoms with E-state index in [0.29, 0.717) is 0 Å². The van der Waals surface area contributed by atoms with E-state index < -0.39 is 48.2 Å². The highest BCUT2D eigenvalue weighted by Crippen LogP contribution is 2.55. The summed E-state index contributed by atoms with van der Waals surface area (Å²) in [5.74, 6) is -19.2. The topological polar surface area (TPSA) is 40.5 Å². The van der Waals surface area contributed by atoms with Gasteiger partial charge in [-0.05, 0) is 48.2 Å². The van der Waals surface area contributed by atoms with Gasteiger partial charge in [0.1, 0.15) is 11.5 Å². The summed E-state index contributed by atoms with van der Waals surface area (Å²) in [5.41, 5.74) is -0.108. The third-order valence-corrected chi connectivity index (χ3v) is 3.45. The van der Waals surface area contributed by atoms with Gasteiger partial charge in [-0.1, -0.05) is 0 Å². The van der Waals surface area contributed by atoms with Gasteiger partial charge >= 0.3 is 23.1 Å². The zero-order valence-corrected chi connectivity index (χ0v) is 12.4. The van der Waals surface area contributed by atoms with E-state index in [4.69, 9.17) is 5.11 Å². The normalized spacial score (nSPS) is 14.0. The van der Waals surface area contributed by atoms with Crippen LogP contribution in [0.25, 0.3) is 0 Å². The van der Waals surface area contributed by atoms with Crippen molar-refractivity contribution in [1.82, 2.24) is 0 Å². The lowest BCUT2D eigenvalue weighted by Gasteiger charge is -2.34. The predicted molar refractivity (Wildman–Crippen MR) is 68.4 cm³/mol. The average Bonchev–Trinajstić information content (AvgIpc) is 2.40. The summed E-state index contributed by atoms with van der Waals surface area (Å²) in [6.07, 6.45) is -3.23. The number of phenols is 2. The zero-order chi connectivity index (χ0) is 19.0. The molecule has 0 bridgehead atoms. The molecule has 1 rings (SSSR count). The van der Waals surface area contributed by atoms with Crippen molar-refractivity contribution in [1.29, 1.82) is 0 Å². The molecule has 2 N–H and O–H groups in total. The van der Waals surface area contributed by atoms with E-state index in [1.54, 1.807) is 0 Å². The van der Waals surface area contributed by atoms with E-state index in [2.05, 4.69) is 11.6 Å². The highest BCUT2D eigenvalue weighted by molar-refractivity contribution is 6.22. The molecule has 11 heteroatoms. The van der Waals surface area contributed by atoms with Gasteiger partial charge in [-0.2, -0.15) is 35.1 Å². The van der Waals surface area contributed by atoms with Crippen LogP contribution in [0.5, 0.6) is 11.5 Å². The molecule has 0 heterocycles. The Kier molecular flexibility index (Phi) is 5.54. The number of aromatic hydroxyl groups is 2. The smallest absolute Gasteiger partial charge is 0.392 e. The first-order valence-electron chi connectivity index (χ1n) is 6.34. The number of benzene rings is 1. The van der Waals surface area contributed by atoms with Gasteiger partial charge in [-0.3, -0.25) is 0 Å². The maximum absolute atomic E-state index is 13.4. The lowest BCUT2D eigenvalue weighted by molar-refractivity contribution is -0.349. The molecule has 0 radical (unpaired) electrons. The zero-order valence-electron chi connectivity index (χ0n) is 11.6. The third-order valence-electron chi connectivity index (χ3n) is 3.21. The summed E-state index contributed by atoms with van der Waals surface area (Å²) >= 11 is 3.83. The molecule has 0 aliphatic heterocycles. The van der Waals surface area contributed by atoms with Gasteiger partial charge in [0.25, 0.3) is 0 Å². The number of halogens is 9. The molecule has 1 aromatic rings. The van der Waals surface area contributed by atoms with Gasteiger partial charge < -0.3 is 10.2 Å². The molecular formula is C13H11ClF8O2. The number of rotatable bonds is 7. The van der Waals surface area contributed by atoms with Crippen LogP contribution in [0.1, 0.15) is 18.4 Å². The van der Waals surface area contributed by atoms with Crippen LogP contribution >= 0.6 is 11.6 Å². The molecule has 0 unspecified atom stereocenters. The maximum Gasteiger partial charge on any atom is 0.392 e. The van der Waals surface area contributed by atoms with Crippen LogP contribution in [-0.2, 0) is 6.42 Å². The standard InChI is InChI=1S/C13H11ClF8O2/c14-13(21,22)12(19,20)11(17,18)10(15,16)5-1-2-7-6-8(23)3-4-9(7)24/h3-4,6,23-24H,1-2,5H2. The SMILES string of the molecule is Oc1ccc(O)c(CCCC(F)(F)C(F)(F)C(F)(F)C(F)(F)Cl)c1. The van der Waals surface area contributed by atoms with Crippen molar-refractivity contribution in [3.63, 3.8) is 0 Å². The highest BCUT2D eigenvalue weighted by Gasteiger charge is 2.79. The summed E-state index contributed by atoms with van der Waals surface area (Å²) in [7, 11) is 0. The molecule has 0 aliphatic carbocycles. The van der Waals surface area contributed by atoms with E-state index in [9.17, 15) is 40.2 Å². The molecular weight excluding hydrogens is 376 g/mol. The van der Waals surface area contributed by atoms with Crippen LogP contribution < -0.4 is 0 Å². The summed E-state index contributed by atoms with van der Waals surface area (Å²) < 4.78 is 104. The van der Waals surface area contributed by atoms with Crippen molar-refractivity contribution >= 4 is 11.6 Å². The quantitative estimate of drug-likeness (QED) is 0.386. The van der Waals surface area contributed by atoms with Gasteiger partial charge in [-0.25, -0.2) is 0 Å². The number of hydrogen-bond acceptors (Lipinski definition) is 2. The predicted octanol–water partition coefficient (Wildman–Crippen LogP) is 5.16. The Morgan fingerprint density at radius 3 is 1.92 bits per heavy atom. The van der Waals surface area contributed by atoms with Crippen molar-refractivity contribution < 1.29 is 45.3 Å². The van der Waals surface area contributed by atoms with Crippen LogP contribution in [0.2, 0.25) is 0 Å². The van der Waals surface area contributed by atoms with Gasteiger partial charge in [-0.15, -0.1) is 0 Å². The molecule has 0 fully saturated rings. The van der Waals surface area contributed by atoms with Crippen LogP contribution in [0.4, 0.5) is 35.1 Å². The molecule has 0 atom stereocenters. The van der Waals surface area contributed by atoms with Crippen LogP contribution in [0, 0.1) is 0 Å². The van der Waals surface area contributed by atoms with E-state index in [0.717, 1.165) is 18.2 Å². The summed E-state index contributed by atoms with van der Waals surface area (Å²) in [4.78, 5) is 0. The Bertz CT molecular complexity index is 586. The fourth-order valence-corrected chi connectivity index (χ4v) is 1.96. The number of aryl methyl sites for hydroxylation is 1. The van der Waals surface area contributed by atoms with Crippen LogP contribution in [0.15, 0.2) is 18.2 Å². The second kappa shape index (κ2) is 6.45. The molecule has 0 amide bonds. The molecule has 2 nitrogen and oxygen atoms in total. The summed E-state index contributed by atoms with van der Waals surface area (Å²) in [5, 5.41) is 12.7. The monoisotopic (exact) mass is 386 g/mol. The maximum atomic E-state index is 13.4. The highest BCUT2D eigenvalue weighted by atomic mass is 35.5. The number of phenolic OH excluding ortho intramolecular Hbond substituents is 2. The lowest BCUT2D eigenvalue weighted by atomic mass is 9.97. The Balaban J connectivity index is 2.87. The Labute approximate surface area is 135 Å². The largest absolute Gasteiger partial charge is 0.508 e. The Morgan fingerprint density at radius 2 is 1.42 bits per heavy atom. The first kappa shape index (κ1) is 20.6. The Hall–Kier alpha value is -1.45. The van der Waals surface area contributed by atoms with Crippen molar-refractivity contribution in [2.45, 2.75) is 42.4 Å². The van der Waals surface area contributed by atoms with Crippen molar-refractivity contribution in [2.75, 3.05) is 0 Å². The number of alkyl halides is 9. The van der Waals surface area contributed by atoms with E-state index in [-0.39, 0.29) is 11.3 Å². The van der Waals surface area contributed by atoms with E-state index >= 15 is 0 Å². The second-order valence-corrected chi connectivity index (χ2v) is 5.49. The Morgan fingerprint density at radius 1 is 0.875 bits per heavy atom. The minimum Gasteiger partial charge on any atom is -0.508 e. The molecule has 0 saturated carbocycles.